The summed E-state index contributed by atoms with van der Waals surface area (Å²) in [5.41, 5.74) is 8.77. The van der Waals surface area contributed by atoms with Crippen LogP contribution in [0, 0.1) is 0 Å². The minimum atomic E-state index is -0.340. The van der Waals surface area contributed by atoms with Crippen molar-refractivity contribution in [3.8, 4) is 28.4 Å². The highest BCUT2D eigenvalue weighted by atomic mass is 35.5. The molecule has 2 aliphatic rings. The van der Waals surface area contributed by atoms with Gasteiger partial charge < -0.3 is 24.6 Å². The smallest absolute Gasteiger partial charge is 0.290 e. The van der Waals surface area contributed by atoms with E-state index in [9.17, 15) is 4.79 Å². The lowest BCUT2D eigenvalue weighted by Gasteiger charge is -2.41. The molecule has 59 heavy (non-hydrogen) atoms. The van der Waals surface area contributed by atoms with Gasteiger partial charge in [0, 0.05) is 31.5 Å². The first-order chi connectivity index (χ1) is 28.8. The Bertz CT molecular complexity index is 2330. The van der Waals surface area contributed by atoms with E-state index in [1.807, 2.05) is 54.7 Å². The van der Waals surface area contributed by atoms with E-state index >= 15 is 0 Å². The molecule has 1 amide bonds. The Balaban J connectivity index is 0.00000171. The van der Waals surface area contributed by atoms with Crippen LogP contribution in [0.1, 0.15) is 58.9 Å². The number of carbonyl (C=O) groups excluding carboxylic acids is 1. The molecule has 3 heterocycles. The fourth-order valence-electron chi connectivity index (χ4n) is 7.66. The van der Waals surface area contributed by atoms with Crippen molar-refractivity contribution in [2.45, 2.75) is 57.5 Å². The third-order valence-electron chi connectivity index (χ3n) is 10.7. The van der Waals surface area contributed by atoms with Gasteiger partial charge in [0.15, 0.2) is 17.6 Å². The fourth-order valence-corrected chi connectivity index (χ4v) is 7.98. The number of rotatable bonds is 12. The van der Waals surface area contributed by atoms with Gasteiger partial charge in [-0.2, -0.15) is 0 Å². The SMILES string of the molecule is CCC(c1ccccc1)N1Cc2cc3c(cc2CC1C(=O)NCCc1ccc(-c2cccnc2)cc1)OCC(c1ccc(OCc2ccc(Cl)c(Cl)c2)cc1)O3.O=CO. The molecule has 3 atom stereocenters. The molecule has 0 aliphatic carbocycles. The van der Waals surface area contributed by atoms with E-state index in [2.05, 4.69) is 88.9 Å². The zero-order valence-electron chi connectivity index (χ0n) is 32.6. The Morgan fingerprint density at radius 2 is 1.64 bits per heavy atom. The van der Waals surface area contributed by atoms with Gasteiger partial charge in [-0.1, -0.05) is 109 Å². The summed E-state index contributed by atoms with van der Waals surface area (Å²) in [6.07, 6.45) is 5.56. The molecule has 0 spiro atoms. The summed E-state index contributed by atoms with van der Waals surface area (Å²) < 4.78 is 18.9. The minimum Gasteiger partial charge on any atom is -0.489 e. The van der Waals surface area contributed by atoms with Crippen molar-refractivity contribution >= 4 is 35.6 Å². The molecule has 0 fully saturated rings. The van der Waals surface area contributed by atoms with Crippen LogP contribution in [-0.4, -0.2) is 46.6 Å². The van der Waals surface area contributed by atoms with Gasteiger partial charge in [-0.25, -0.2) is 0 Å². The molecule has 2 N–H and O–H groups in total. The Hall–Kier alpha value is -5.87. The van der Waals surface area contributed by atoms with Gasteiger partial charge in [0.1, 0.15) is 19.0 Å². The van der Waals surface area contributed by atoms with Crippen LogP contribution in [0.25, 0.3) is 11.1 Å². The highest BCUT2D eigenvalue weighted by molar-refractivity contribution is 6.42. The number of fused-ring (bicyclic) bond motifs is 2. The van der Waals surface area contributed by atoms with Gasteiger partial charge in [-0.3, -0.25) is 19.5 Å². The topological polar surface area (TPSA) is 110 Å². The van der Waals surface area contributed by atoms with Crippen LogP contribution in [0.4, 0.5) is 0 Å². The van der Waals surface area contributed by atoms with Gasteiger partial charge in [0.25, 0.3) is 6.47 Å². The summed E-state index contributed by atoms with van der Waals surface area (Å²) in [5.74, 6) is 2.20. The van der Waals surface area contributed by atoms with Crippen molar-refractivity contribution in [2.75, 3.05) is 13.2 Å². The zero-order valence-corrected chi connectivity index (χ0v) is 34.1. The van der Waals surface area contributed by atoms with Crippen LogP contribution in [0.2, 0.25) is 10.0 Å². The lowest BCUT2D eigenvalue weighted by Crippen LogP contribution is -2.51. The maximum Gasteiger partial charge on any atom is 0.290 e. The number of carbonyl (C=O) groups is 2. The second-order valence-electron chi connectivity index (χ2n) is 14.4. The number of halogens is 2. The second-order valence-corrected chi connectivity index (χ2v) is 15.2. The molecule has 6 aromatic rings. The molecule has 1 aromatic heterocycles. The summed E-state index contributed by atoms with van der Waals surface area (Å²) in [4.78, 5) is 29.1. The first-order valence-corrected chi connectivity index (χ1v) is 20.4. The number of pyridine rings is 1. The van der Waals surface area contributed by atoms with E-state index in [-0.39, 0.29) is 30.6 Å². The van der Waals surface area contributed by atoms with Crippen LogP contribution >= 0.6 is 23.2 Å². The molecule has 2 aliphatic heterocycles. The molecule has 0 saturated heterocycles. The quantitative estimate of drug-likeness (QED) is 0.117. The molecule has 8 rings (SSSR count). The average Bonchev–Trinajstić information content (AvgIpc) is 3.27. The van der Waals surface area contributed by atoms with Gasteiger partial charge in [-0.15, -0.1) is 0 Å². The third-order valence-corrected chi connectivity index (χ3v) is 11.4. The largest absolute Gasteiger partial charge is 0.489 e. The highest BCUT2D eigenvalue weighted by Crippen LogP contribution is 2.42. The predicted molar refractivity (Wildman–Crippen MR) is 230 cm³/mol. The van der Waals surface area contributed by atoms with Gasteiger partial charge in [-0.05, 0) is 106 Å². The van der Waals surface area contributed by atoms with Crippen LogP contribution in [0.15, 0.2) is 134 Å². The predicted octanol–water partition coefficient (Wildman–Crippen LogP) is 10.1. The number of ether oxygens (including phenoxy) is 3. The number of amides is 1. The van der Waals surface area contributed by atoms with Crippen molar-refractivity contribution in [1.82, 2.24) is 15.2 Å². The number of hydrogen-bond donors (Lipinski definition) is 2. The monoisotopic (exact) mass is 829 g/mol. The number of nitrogens with zero attached hydrogens (tertiary/aromatic N) is 2. The minimum absolute atomic E-state index is 0.0383. The molecule has 0 saturated carbocycles. The lowest BCUT2D eigenvalue weighted by atomic mass is 9.89. The van der Waals surface area contributed by atoms with Crippen molar-refractivity contribution in [2.24, 2.45) is 0 Å². The summed E-state index contributed by atoms with van der Waals surface area (Å²) in [7, 11) is 0. The summed E-state index contributed by atoms with van der Waals surface area (Å²) in [5, 5.41) is 11.2. The first-order valence-electron chi connectivity index (χ1n) is 19.6. The number of carboxylic acid groups (broad SMARTS) is 1. The van der Waals surface area contributed by atoms with E-state index in [0.29, 0.717) is 54.3 Å². The van der Waals surface area contributed by atoms with Crippen LogP contribution in [0.5, 0.6) is 17.2 Å². The normalized spacial score (nSPS) is 16.1. The molecule has 0 radical (unpaired) electrons. The van der Waals surface area contributed by atoms with E-state index in [1.54, 1.807) is 12.3 Å². The molecule has 3 unspecified atom stereocenters. The van der Waals surface area contributed by atoms with Gasteiger partial charge in [0.05, 0.1) is 16.1 Å². The lowest BCUT2D eigenvalue weighted by molar-refractivity contribution is -0.128. The summed E-state index contributed by atoms with van der Waals surface area (Å²) >= 11 is 12.2. The second kappa shape index (κ2) is 19.7. The molecular formula is C48H45Cl2N3O6. The average molecular weight is 831 g/mol. The summed E-state index contributed by atoms with van der Waals surface area (Å²) in [6, 6.07) is 40.3. The molecule has 0 bridgehead atoms. The van der Waals surface area contributed by atoms with Crippen LogP contribution in [0.3, 0.4) is 0 Å². The Morgan fingerprint density at radius 1 is 0.898 bits per heavy atom. The van der Waals surface area contributed by atoms with Gasteiger partial charge >= 0.3 is 0 Å². The van der Waals surface area contributed by atoms with Crippen molar-refractivity contribution in [3.63, 3.8) is 0 Å². The maximum absolute atomic E-state index is 14.1. The molecule has 11 heteroatoms. The Morgan fingerprint density at radius 3 is 2.36 bits per heavy atom. The fraction of sp³-hybridized carbons (Fsp3) is 0.229. The van der Waals surface area contributed by atoms with Crippen molar-refractivity contribution in [1.29, 1.82) is 0 Å². The molecule has 302 valence electrons. The van der Waals surface area contributed by atoms with E-state index < -0.39 is 0 Å². The standard InChI is InChI=1S/C47H43Cl2N3O4.CH2O2/c1-2-42(34-7-4-3-5-8-34)52-28-38-26-45-44(55-30-46(56-45)35-15-17-39(18-16-35)54-29-32-12-19-40(48)41(49)23-32)25-37(38)24-43(52)47(53)51-22-20-31-10-13-33(14-11-31)36-9-6-21-50-27-36;2-1-3/h3-19,21,23,25-27,42-43,46H,2,20,22,24,28-30H2,1H3,(H,51,53);1H,(H,2,3). The maximum atomic E-state index is 14.1. The van der Waals surface area contributed by atoms with E-state index in [0.717, 1.165) is 52.0 Å². The molecule has 9 nitrogen and oxygen atoms in total. The summed E-state index contributed by atoms with van der Waals surface area (Å²) in [6.45, 7) is 3.86. The van der Waals surface area contributed by atoms with Crippen molar-refractivity contribution < 1.29 is 28.9 Å². The third kappa shape index (κ3) is 10.2. The van der Waals surface area contributed by atoms with E-state index in [1.165, 1.54) is 11.1 Å². The number of hydrogen-bond acceptors (Lipinski definition) is 7. The number of benzene rings is 5. The molecule has 5 aromatic carbocycles. The highest BCUT2D eigenvalue weighted by Gasteiger charge is 2.37. The van der Waals surface area contributed by atoms with Crippen LogP contribution in [-0.2, 0) is 35.6 Å². The number of nitrogens with one attached hydrogen (secondary N) is 1. The Labute approximate surface area is 354 Å². The van der Waals surface area contributed by atoms with Gasteiger partial charge in [0.2, 0.25) is 5.91 Å². The van der Waals surface area contributed by atoms with Crippen molar-refractivity contribution in [3.05, 3.63) is 177 Å². The Kier molecular flexibility index (Phi) is 13.8. The van der Waals surface area contributed by atoms with Crippen LogP contribution < -0.4 is 19.5 Å². The molecular weight excluding hydrogens is 785 g/mol. The first kappa shape index (κ1) is 41.3. The van der Waals surface area contributed by atoms with E-state index in [4.69, 9.17) is 47.3 Å². The number of aromatic nitrogens is 1. The zero-order chi connectivity index (χ0) is 41.1.